The number of rotatable bonds is 0. The van der Waals surface area contributed by atoms with Crippen molar-refractivity contribution in [1.29, 1.82) is 0 Å². The summed E-state index contributed by atoms with van der Waals surface area (Å²) in [6.07, 6.45) is 0. The maximum absolute atomic E-state index is 4.44. The first kappa shape index (κ1) is 8.83. The van der Waals surface area contributed by atoms with Crippen LogP contribution in [0.4, 0.5) is 0 Å². The van der Waals surface area contributed by atoms with Gasteiger partial charge in [0.25, 0.3) is 0 Å². The summed E-state index contributed by atoms with van der Waals surface area (Å²) in [6.45, 7) is 5.00. The molecule has 0 fully saturated rings. The molecule has 0 amide bonds. The first-order valence-corrected chi connectivity index (χ1v) is 2.13. The molecule has 4 heavy (non-hydrogen) atoms. The van der Waals surface area contributed by atoms with E-state index in [1.165, 1.54) is 0 Å². The summed E-state index contributed by atoms with van der Waals surface area (Å²) in [5.41, 5.74) is 0. The Hall–Kier alpha value is 0.700. The fraction of sp³-hybridized carbons (Fsp3) is 0.500. The zero-order chi connectivity index (χ0) is 4.00. The van der Waals surface area contributed by atoms with E-state index in [0.29, 0.717) is 0 Å². The van der Waals surface area contributed by atoms with Gasteiger partial charge in [0.1, 0.15) is 0 Å². The van der Waals surface area contributed by atoms with Crippen molar-refractivity contribution in [2.45, 2.75) is 6.92 Å². The molecule has 0 bridgehead atoms. The zero-order valence-corrected chi connectivity index (χ0v) is 4.75. The van der Waals surface area contributed by atoms with Gasteiger partial charge in [-0.2, -0.15) is 0 Å². The molecule has 0 aliphatic heterocycles. The molecule has 2 heteroatoms. The van der Waals surface area contributed by atoms with Gasteiger partial charge in [0.15, 0.2) is 0 Å². The molecule has 0 heterocycles. The summed E-state index contributed by atoms with van der Waals surface area (Å²) in [6, 6.07) is 0. The molecule has 0 saturated heterocycles. The SMILES string of the molecule is [CH2]C.[NH2][Au]. The molecule has 0 aliphatic carbocycles. The van der Waals surface area contributed by atoms with Crippen LogP contribution >= 0.6 is 0 Å². The van der Waals surface area contributed by atoms with Crippen LogP contribution in [-0.4, -0.2) is 0 Å². The summed E-state index contributed by atoms with van der Waals surface area (Å²) in [4.78, 5) is 0. The molecule has 0 saturated carbocycles. The Morgan fingerprint density at radius 1 is 1.50 bits per heavy atom. The van der Waals surface area contributed by atoms with Crippen LogP contribution in [0.1, 0.15) is 6.92 Å². The van der Waals surface area contributed by atoms with Crippen molar-refractivity contribution < 1.29 is 21.3 Å². The van der Waals surface area contributed by atoms with E-state index in [0.717, 1.165) is 0 Å². The molecule has 31 valence electrons. The Kier molecular flexibility index (Phi) is 121. The van der Waals surface area contributed by atoms with E-state index in [2.05, 4.69) is 11.1 Å². The van der Waals surface area contributed by atoms with Crippen molar-refractivity contribution in [3.05, 3.63) is 6.92 Å². The van der Waals surface area contributed by atoms with E-state index < -0.39 is 0 Å². The minimum absolute atomic E-state index is 1.75. The first-order chi connectivity index (χ1) is 2.00. The molecule has 0 aromatic carbocycles. The minimum atomic E-state index is 1.75. The van der Waals surface area contributed by atoms with Crippen LogP contribution in [0, 0.1) is 6.92 Å². The standard InChI is InChI=1S/C2H5.Au.H2N/c1-2;;/h1H2,2H3;;1H2/q;+1;-1. The van der Waals surface area contributed by atoms with Crippen LogP contribution in [0.15, 0.2) is 0 Å². The first-order valence-electron chi connectivity index (χ1n) is 0.881. The van der Waals surface area contributed by atoms with E-state index in [9.17, 15) is 0 Å². The monoisotopic (exact) mass is 242 g/mol. The summed E-state index contributed by atoms with van der Waals surface area (Å²) in [5.74, 6) is 0. The van der Waals surface area contributed by atoms with Gasteiger partial charge in [0.05, 0.1) is 0 Å². The van der Waals surface area contributed by atoms with Gasteiger partial charge < -0.3 is 0 Å². The molecule has 1 radical (unpaired) electrons. The van der Waals surface area contributed by atoms with Crippen molar-refractivity contribution in [1.82, 2.24) is 0 Å². The average molecular weight is 242 g/mol. The van der Waals surface area contributed by atoms with E-state index in [4.69, 9.17) is 0 Å². The van der Waals surface area contributed by atoms with Crippen molar-refractivity contribution >= 4 is 0 Å². The van der Waals surface area contributed by atoms with Gasteiger partial charge in [-0.3, -0.25) is 0 Å². The summed E-state index contributed by atoms with van der Waals surface area (Å²) in [5, 5.41) is 0. The van der Waals surface area contributed by atoms with Crippen LogP contribution in [0.25, 0.3) is 0 Å². The fourth-order valence-electron chi connectivity index (χ4n) is 0. The van der Waals surface area contributed by atoms with E-state index in [-0.39, 0.29) is 0 Å². The molecule has 0 aliphatic rings. The predicted molar refractivity (Wildman–Crippen MR) is 15.2 cm³/mol. The number of hydrogen-bond acceptors (Lipinski definition) is 1. The van der Waals surface area contributed by atoms with Gasteiger partial charge in [0, 0.05) is 0 Å². The molecule has 1 nitrogen and oxygen atoms in total. The van der Waals surface area contributed by atoms with E-state index >= 15 is 0 Å². The van der Waals surface area contributed by atoms with Crippen molar-refractivity contribution in [3.63, 3.8) is 0 Å². The van der Waals surface area contributed by atoms with E-state index in [1.54, 1.807) is 28.3 Å². The van der Waals surface area contributed by atoms with E-state index in [1.807, 2.05) is 0 Å². The van der Waals surface area contributed by atoms with Crippen LogP contribution in [-0.2, 0) is 21.3 Å². The Labute approximate surface area is 39.8 Å². The van der Waals surface area contributed by atoms with Crippen molar-refractivity contribution in [3.8, 4) is 0 Å². The Balaban J connectivity index is 0. The topological polar surface area (TPSA) is 26.0 Å². The predicted octanol–water partition coefficient (Wildman–Crippen LogP) is 0.247. The normalized spacial score (nSPS) is 3.25. The summed E-state index contributed by atoms with van der Waals surface area (Å²) >= 11 is 1.78. The second-order valence-corrected chi connectivity index (χ2v) is 0. The molecule has 0 spiro atoms. The second kappa shape index (κ2) is 55.0. The summed E-state index contributed by atoms with van der Waals surface area (Å²) < 4.78 is 4.44. The second-order valence-electron chi connectivity index (χ2n) is 0. The third kappa shape index (κ3) is 15.9. The van der Waals surface area contributed by atoms with Gasteiger partial charge in [-0.25, -0.2) is 0 Å². The van der Waals surface area contributed by atoms with Crippen molar-refractivity contribution in [2.75, 3.05) is 0 Å². The molecule has 2 N–H and O–H groups in total. The van der Waals surface area contributed by atoms with Crippen molar-refractivity contribution in [2.24, 2.45) is 4.14 Å². The molecule has 0 unspecified atom stereocenters. The molecule has 0 aromatic heterocycles. The average Bonchev–Trinajstić information content (AvgIpc) is 1.50. The Morgan fingerprint density at radius 2 is 1.50 bits per heavy atom. The third-order valence-electron chi connectivity index (χ3n) is 0. The van der Waals surface area contributed by atoms with Gasteiger partial charge in [0.2, 0.25) is 0 Å². The van der Waals surface area contributed by atoms with Gasteiger partial charge in [-0.15, -0.1) is 0 Å². The van der Waals surface area contributed by atoms with Gasteiger partial charge in [-0.1, -0.05) is 13.8 Å². The van der Waals surface area contributed by atoms with Crippen LogP contribution < -0.4 is 4.14 Å². The molecule has 0 rings (SSSR count). The van der Waals surface area contributed by atoms with Crippen LogP contribution in [0.2, 0.25) is 0 Å². The third-order valence-corrected chi connectivity index (χ3v) is 0. The quantitative estimate of drug-likeness (QED) is 0.605. The summed E-state index contributed by atoms with van der Waals surface area (Å²) in [7, 11) is 0. The maximum atomic E-state index is 4.44. The van der Waals surface area contributed by atoms with Crippen LogP contribution in [0.5, 0.6) is 0 Å². The Morgan fingerprint density at radius 3 is 1.50 bits per heavy atom. The Bertz CT molecular complexity index is 6.00. The number of hydrogen-bond donors (Lipinski definition) is 1. The van der Waals surface area contributed by atoms with Gasteiger partial charge in [-0.05, 0) is 0 Å². The molecule has 0 atom stereocenters. The molecular formula is C2H7AuN. The molecular weight excluding hydrogens is 235 g/mol. The fourth-order valence-corrected chi connectivity index (χ4v) is 0. The zero-order valence-electron chi connectivity index (χ0n) is 2.59. The molecule has 0 aromatic rings. The van der Waals surface area contributed by atoms with Crippen LogP contribution in [0.3, 0.4) is 0 Å². The number of nitrogens with two attached hydrogens (primary N) is 1. The van der Waals surface area contributed by atoms with Gasteiger partial charge >= 0.3 is 25.5 Å².